The minimum absolute atomic E-state index is 0.244. The molecule has 4 nitrogen and oxygen atoms in total. The number of hydrogen-bond acceptors (Lipinski definition) is 4. The molecule has 1 atom stereocenters. The lowest BCUT2D eigenvalue weighted by Crippen LogP contribution is -2.39. The van der Waals surface area contributed by atoms with Gasteiger partial charge < -0.3 is 14.6 Å². The molecule has 3 rings (SSSR count). The van der Waals surface area contributed by atoms with Gasteiger partial charge in [-0.15, -0.1) is 0 Å². The van der Waals surface area contributed by atoms with Gasteiger partial charge in [-0.2, -0.15) is 0 Å². The number of methoxy groups -OCH3 is 1. The lowest BCUT2D eigenvalue weighted by Gasteiger charge is -2.29. The summed E-state index contributed by atoms with van der Waals surface area (Å²) in [5.41, 5.74) is 1.24. The van der Waals surface area contributed by atoms with Crippen molar-refractivity contribution in [1.82, 2.24) is 4.90 Å². The van der Waals surface area contributed by atoms with Crippen LogP contribution in [0.5, 0.6) is 11.5 Å². The van der Waals surface area contributed by atoms with E-state index in [1.807, 2.05) is 54.6 Å². The van der Waals surface area contributed by atoms with Crippen molar-refractivity contribution in [3.8, 4) is 11.5 Å². The van der Waals surface area contributed by atoms with Gasteiger partial charge in [-0.05, 0) is 31.5 Å². The summed E-state index contributed by atoms with van der Waals surface area (Å²) in [4.78, 5) is 2.26. The molecule has 0 aliphatic heterocycles. The zero-order valence-corrected chi connectivity index (χ0v) is 16.8. The van der Waals surface area contributed by atoms with Crippen LogP contribution in [0.1, 0.15) is 19.4 Å². The molecule has 0 aliphatic carbocycles. The van der Waals surface area contributed by atoms with Crippen molar-refractivity contribution in [3.05, 3.63) is 72.3 Å². The van der Waals surface area contributed by atoms with E-state index in [1.165, 1.54) is 5.56 Å². The van der Waals surface area contributed by atoms with Crippen molar-refractivity contribution in [3.63, 3.8) is 0 Å². The Morgan fingerprint density at radius 1 is 0.857 bits per heavy atom. The van der Waals surface area contributed by atoms with Gasteiger partial charge in [0.1, 0.15) is 24.2 Å². The summed E-state index contributed by atoms with van der Waals surface area (Å²) in [5.74, 6) is 1.58. The highest BCUT2D eigenvalue weighted by Crippen LogP contribution is 2.32. The molecule has 0 radical (unpaired) electrons. The van der Waals surface area contributed by atoms with Crippen LogP contribution in [-0.4, -0.2) is 42.4 Å². The third-order valence-electron chi connectivity index (χ3n) is 4.90. The molecule has 0 fully saturated rings. The topological polar surface area (TPSA) is 41.9 Å². The summed E-state index contributed by atoms with van der Waals surface area (Å²) in [6.45, 7) is 5.90. The van der Waals surface area contributed by atoms with Crippen LogP contribution in [0.15, 0.2) is 66.7 Å². The third kappa shape index (κ3) is 5.03. The van der Waals surface area contributed by atoms with Crippen molar-refractivity contribution < 1.29 is 14.6 Å². The second-order valence-corrected chi connectivity index (χ2v) is 7.29. The molecule has 0 aromatic heterocycles. The molecule has 0 bridgehead atoms. The molecule has 28 heavy (non-hydrogen) atoms. The van der Waals surface area contributed by atoms with E-state index in [2.05, 4.69) is 30.9 Å². The number of nitrogens with zero attached hydrogens (tertiary/aromatic N) is 1. The Hall–Kier alpha value is -2.56. The van der Waals surface area contributed by atoms with Gasteiger partial charge in [0.15, 0.2) is 0 Å². The van der Waals surface area contributed by atoms with Gasteiger partial charge in [0.05, 0.1) is 7.11 Å². The van der Waals surface area contributed by atoms with Gasteiger partial charge in [0, 0.05) is 29.9 Å². The Labute approximate surface area is 167 Å². The highest BCUT2D eigenvalue weighted by atomic mass is 16.5. The molecule has 3 aromatic rings. The van der Waals surface area contributed by atoms with E-state index < -0.39 is 6.10 Å². The predicted octanol–water partition coefficient (Wildman–Crippen LogP) is 4.50. The van der Waals surface area contributed by atoms with E-state index in [0.717, 1.165) is 28.8 Å². The fraction of sp³-hybridized carbons (Fsp3) is 0.333. The Bertz CT molecular complexity index is 879. The number of aliphatic hydroxyl groups excluding tert-OH is 1. The molecule has 0 amide bonds. The predicted molar refractivity (Wildman–Crippen MR) is 114 cm³/mol. The van der Waals surface area contributed by atoms with Crippen LogP contribution in [0.3, 0.4) is 0 Å². The minimum atomic E-state index is -0.577. The third-order valence-corrected chi connectivity index (χ3v) is 4.90. The average molecular weight is 380 g/mol. The molecule has 1 N–H and O–H groups in total. The van der Waals surface area contributed by atoms with Crippen molar-refractivity contribution in [2.45, 2.75) is 32.5 Å². The second kappa shape index (κ2) is 9.58. The quantitative estimate of drug-likeness (QED) is 0.594. The van der Waals surface area contributed by atoms with Gasteiger partial charge in [0.2, 0.25) is 0 Å². The maximum absolute atomic E-state index is 10.6. The number of ether oxygens (including phenoxy) is 2. The minimum Gasteiger partial charge on any atom is -0.496 e. The van der Waals surface area contributed by atoms with E-state index in [9.17, 15) is 5.11 Å². The van der Waals surface area contributed by atoms with E-state index >= 15 is 0 Å². The zero-order chi connectivity index (χ0) is 19.9. The standard InChI is InChI=1S/C24H29NO3/c1-18(2)25(15-19-9-5-4-6-10-19)16-20(26)17-28-24-14-13-23(27-3)21-11-7-8-12-22(21)24/h4-14,18,20,26H,15-17H2,1-3H3. The van der Waals surface area contributed by atoms with Crippen LogP contribution in [0.25, 0.3) is 10.8 Å². The van der Waals surface area contributed by atoms with Crippen molar-refractivity contribution in [1.29, 1.82) is 0 Å². The summed E-state index contributed by atoms with van der Waals surface area (Å²) in [5, 5.41) is 12.6. The average Bonchev–Trinajstić information content (AvgIpc) is 2.72. The highest BCUT2D eigenvalue weighted by Gasteiger charge is 2.16. The fourth-order valence-electron chi connectivity index (χ4n) is 3.33. The number of fused-ring (bicyclic) bond motifs is 1. The number of hydrogen-bond donors (Lipinski definition) is 1. The molecular weight excluding hydrogens is 350 g/mol. The van der Waals surface area contributed by atoms with Crippen LogP contribution in [0.2, 0.25) is 0 Å². The molecule has 4 heteroatoms. The maximum atomic E-state index is 10.6. The van der Waals surface area contributed by atoms with Gasteiger partial charge in [0.25, 0.3) is 0 Å². The molecule has 0 spiro atoms. The number of aliphatic hydroxyl groups is 1. The lowest BCUT2D eigenvalue weighted by molar-refractivity contribution is 0.0547. The molecule has 1 unspecified atom stereocenters. The smallest absolute Gasteiger partial charge is 0.127 e. The first-order chi connectivity index (χ1) is 13.6. The molecular formula is C24H29NO3. The fourth-order valence-corrected chi connectivity index (χ4v) is 3.33. The monoisotopic (exact) mass is 379 g/mol. The van der Waals surface area contributed by atoms with E-state index in [1.54, 1.807) is 7.11 Å². The van der Waals surface area contributed by atoms with Gasteiger partial charge >= 0.3 is 0 Å². The largest absolute Gasteiger partial charge is 0.496 e. The Morgan fingerprint density at radius 2 is 1.46 bits per heavy atom. The van der Waals surface area contributed by atoms with Crippen LogP contribution in [0.4, 0.5) is 0 Å². The van der Waals surface area contributed by atoms with Crippen LogP contribution >= 0.6 is 0 Å². The van der Waals surface area contributed by atoms with Gasteiger partial charge in [-0.3, -0.25) is 4.90 Å². The summed E-state index contributed by atoms with van der Waals surface area (Å²) in [6, 6.07) is 22.4. The normalized spacial score (nSPS) is 12.5. The Morgan fingerprint density at radius 3 is 2.11 bits per heavy atom. The van der Waals surface area contributed by atoms with Gasteiger partial charge in [-0.25, -0.2) is 0 Å². The first-order valence-corrected chi connectivity index (χ1v) is 9.73. The van der Waals surface area contributed by atoms with Gasteiger partial charge in [-0.1, -0.05) is 54.6 Å². The number of benzene rings is 3. The summed E-state index contributed by atoms with van der Waals surface area (Å²) >= 11 is 0. The first-order valence-electron chi connectivity index (χ1n) is 9.73. The zero-order valence-electron chi connectivity index (χ0n) is 16.8. The SMILES string of the molecule is COc1ccc(OCC(O)CN(Cc2ccccc2)C(C)C)c2ccccc12. The Balaban J connectivity index is 1.65. The van der Waals surface area contributed by atoms with E-state index in [4.69, 9.17) is 9.47 Å². The van der Waals surface area contributed by atoms with E-state index in [0.29, 0.717) is 12.6 Å². The molecule has 0 heterocycles. The summed E-state index contributed by atoms with van der Waals surface area (Å²) in [6.07, 6.45) is -0.577. The molecule has 0 aliphatic rings. The Kier molecular flexibility index (Phi) is 6.90. The van der Waals surface area contributed by atoms with Crippen LogP contribution < -0.4 is 9.47 Å². The van der Waals surface area contributed by atoms with Crippen molar-refractivity contribution >= 4 is 10.8 Å². The van der Waals surface area contributed by atoms with Crippen molar-refractivity contribution in [2.75, 3.05) is 20.3 Å². The van der Waals surface area contributed by atoms with Crippen LogP contribution in [-0.2, 0) is 6.54 Å². The summed E-state index contributed by atoms with van der Waals surface area (Å²) < 4.78 is 11.4. The second-order valence-electron chi connectivity index (χ2n) is 7.29. The van der Waals surface area contributed by atoms with Crippen molar-refractivity contribution in [2.24, 2.45) is 0 Å². The molecule has 3 aromatic carbocycles. The summed E-state index contributed by atoms with van der Waals surface area (Å²) in [7, 11) is 1.67. The van der Waals surface area contributed by atoms with Crippen LogP contribution in [0, 0.1) is 0 Å². The molecule has 0 saturated carbocycles. The number of rotatable bonds is 9. The van der Waals surface area contributed by atoms with E-state index in [-0.39, 0.29) is 6.61 Å². The maximum Gasteiger partial charge on any atom is 0.127 e. The molecule has 148 valence electrons. The first kappa shape index (κ1) is 20.2. The highest BCUT2D eigenvalue weighted by molar-refractivity contribution is 5.93. The lowest BCUT2D eigenvalue weighted by atomic mass is 10.1. The molecule has 0 saturated heterocycles.